The number of aromatic nitrogens is 4. The summed E-state index contributed by atoms with van der Waals surface area (Å²) in [5, 5.41) is 13.2. The smallest absolute Gasteiger partial charge is 0.265 e. The van der Waals surface area contributed by atoms with Crippen LogP contribution < -0.4 is 5.43 Å². The minimum absolute atomic E-state index is 0.270. The van der Waals surface area contributed by atoms with Gasteiger partial charge in [0.1, 0.15) is 11.3 Å². The molecule has 0 aliphatic rings. The average Bonchev–Trinajstić information content (AvgIpc) is 2.94. The van der Waals surface area contributed by atoms with Gasteiger partial charge in [0.15, 0.2) is 5.65 Å². The van der Waals surface area contributed by atoms with Crippen LogP contribution in [0.25, 0.3) is 22.1 Å². The molecular formula is C16H10BrFN6. The van der Waals surface area contributed by atoms with Gasteiger partial charge in [-0.1, -0.05) is 28.1 Å². The van der Waals surface area contributed by atoms with Crippen LogP contribution in [0.5, 0.6) is 0 Å². The van der Waals surface area contributed by atoms with Crippen LogP contribution in [0.1, 0.15) is 5.56 Å². The molecule has 0 saturated heterocycles. The van der Waals surface area contributed by atoms with Crippen LogP contribution in [0, 0.1) is 5.82 Å². The maximum absolute atomic E-state index is 12.8. The lowest BCUT2D eigenvalue weighted by Gasteiger charge is -1.97. The second-order valence-electron chi connectivity index (χ2n) is 5.07. The zero-order chi connectivity index (χ0) is 16.5. The second-order valence-corrected chi connectivity index (χ2v) is 5.98. The lowest BCUT2D eigenvalue weighted by molar-refractivity contribution is 0.628. The summed E-state index contributed by atoms with van der Waals surface area (Å²) in [4.78, 5) is 7.55. The highest BCUT2D eigenvalue weighted by Gasteiger charge is 2.09. The van der Waals surface area contributed by atoms with E-state index in [2.05, 4.69) is 46.6 Å². The topological polar surface area (TPSA) is 78.8 Å². The molecule has 2 N–H and O–H groups in total. The molecule has 0 saturated carbocycles. The summed E-state index contributed by atoms with van der Waals surface area (Å²) in [6.07, 6.45) is 1.55. The van der Waals surface area contributed by atoms with Crippen molar-refractivity contribution in [2.45, 2.75) is 0 Å². The molecule has 2 aromatic heterocycles. The van der Waals surface area contributed by atoms with E-state index in [4.69, 9.17) is 0 Å². The number of anilines is 1. The maximum atomic E-state index is 12.8. The molecule has 0 aliphatic carbocycles. The van der Waals surface area contributed by atoms with Crippen molar-refractivity contribution in [3.63, 3.8) is 0 Å². The third kappa shape index (κ3) is 2.83. The standard InChI is InChI=1S/C16H10BrFN6/c17-10-3-6-13-12(7-10)14-15(20-13)21-16(24-22-14)23-19-8-9-1-4-11(18)5-2-9/h1-8H,(H2,20,21,23,24). The number of fused-ring (bicyclic) bond motifs is 3. The van der Waals surface area contributed by atoms with Crippen molar-refractivity contribution in [2.24, 2.45) is 5.10 Å². The molecule has 4 aromatic rings. The van der Waals surface area contributed by atoms with E-state index in [0.717, 1.165) is 20.9 Å². The highest BCUT2D eigenvalue weighted by atomic mass is 79.9. The summed E-state index contributed by atoms with van der Waals surface area (Å²) in [5.74, 6) is -0.0185. The molecule has 24 heavy (non-hydrogen) atoms. The molecule has 0 unspecified atom stereocenters. The molecule has 0 spiro atoms. The molecule has 0 radical (unpaired) electrons. The van der Waals surface area contributed by atoms with E-state index in [1.54, 1.807) is 18.3 Å². The number of halogens is 2. The summed E-state index contributed by atoms with van der Waals surface area (Å²) in [5.41, 5.74) is 5.72. The number of nitrogens with one attached hydrogen (secondary N) is 2. The number of hydrogen-bond acceptors (Lipinski definition) is 5. The van der Waals surface area contributed by atoms with Crippen LogP contribution in [0.2, 0.25) is 0 Å². The van der Waals surface area contributed by atoms with Crippen molar-refractivity contribution in [2.75, 3.05) is 5.43 Å². The maximum Gasteiger partial charge on any atom is 0.265 e. The zero-order valence-corrected chi connectivity index (χ0v) is 13.7. The van der Waals surface area contributed by atoms with Gasteiger partial charge in [0.25, 0.3) is 5.95 Å². The largest absolute Gasteiger partial charge is 0.338 e. The molecule has 0 aliphatic heterocycles. The Morgan fingerprint density at radius 3 is 2.79 bits per heavy atom. The van der Waals surface area contributed by atoms with Crippen LogP contribution in [-0.2, 0) is 0 Å². The van der Waals surface area contributed by atoms with Gasteiger partial charge in [-0.25, -0.2) is 9.82 Å². The van der Waals surface area contributed by atoms with Gasteiger partial charge in [-0.15, -0.1) is 10.2 Å². The molecule has 8 heteroatoms. The summed E-state index contributed by atoms with van der Waals surface area (Å²) in [6, 6.07) is 11.8. The average molecular weight is 385 g/mol. The quantitative estimate of drug-likeness (QED) is 0.415. The van der Waals surface area contributed by atoms with E-state index < -0.39 is 0 Å². The van der Waals surface area contributed by atoms with Gasteiger partial charge >= 0.3 is 0 Å². The normalized spacial score (nSPS) is 11.6. The van der Waals surface area contributed by atoms with Gasteiger partial charge in [-0.3, -0.25) is 0 Å². The zero-order valence-electron chi connectivity index (χ0n) is 12.2. The first-order valence-corrected chi connectivity index (χ1v) is 7.85. The molecule has 2 heterocycles. The highest BCUT2D eigenvalue weighted by Crippen LogP contribution is 2.25. The van der Waals surface area contributed by atoms with Gasteiger partial charge in [-0.2, -0.15) is 10.1 Å². The number of nitrogens with zero attached hydrogens (tertiary/aromatic N) is 4. The number of hydrogen-bond donors (Lipinski definition) is 2. The van der Waals surface area contributed by atoms with E-state index in [0.29, 0.717) is 11.2 Å². The fourth-order valence-electron chi connectivity index (χ4n) is 2.30. The van der Waals surface area contributed by atoms with Crippen molar-refractivity contribution in [1.82, 2.24) is 20.2 Å². The van der Waals surface area contributed by atoms with Crippen LogP contribution in [0.15, 0.2) is 52.0 Å². The molecule has 2 aromatic carbocycles. The van der Waals surface area contributed by atoms with E-state index in [9.17, 15) is 4.39 Å². The predicted octanol–water partition coefficient (Wildman–Crippen LogP) is 3.85. The lowest BCUT2D eigenvalue weighted by atomic mass is 10.2. The fourth-order valence-corrected chi connectivity index (χ4v) is 2.67. The first kappa shape index (κ1) is 14.7. The summed E-state index contributed by atoms with van der Waals surface area (Å²) < 4.78 is 13.8. The minimum atomic E-state index is -0.288. The molecule has 4 rings (SSSR count). The first-order chi connectivity index (χ1) is 11.7. The minimum Gasteiger partial charge on any atom is -0.338 e. The third-order valence-electron chi connectivity index (χ3n) is 3.42. The Bertz CT molecular complexity index is 1060. The summed E-state index contributed by atoms with van der Waals surface area (Å²) in [6.45, 7) is 0. The van der Waals surface area contributed by atoms with E-state index >= 15 is 0 Å². The molecule has 0 bridgehead atoms. The highest BCUT2D eigenvalue weighted by molar-refractivity contribution is 9.10. The van der Waals surface area contributed by atoms with E-state index in [-0.39, 0.29) is 11.8 Å². The van der Waals surface area contributed by atoms with Crippen molar-refractivity contribution in [3.8, 4) is 0 Å². The Morgan fingerprint density at radius 2 is 1.96 bits per heavy atom. The summed E-state index contributed by atoms with van der Waals surface area (Å²) in [7, 11) is 0. The Hall–Kier alpha value is -2.87. The third-order valence-corrected chi connectivity index (χ3v) is 3.92. The number of rotatable bonds is 3. The Morgan fingerprint density at radius 1 is 1.12 bits per heavy atom. The Kier molecular flexibility index (Phi) is 3.66. The first-order valence-electron chi connectivity index (χ1n) is 7.05. The lowest BCUT2D eigenvalue weighted by Crippen LogP contribution is -1.99. The van der Waals surface area contributed by atoms with Crippen LogP contribution >= 0.6 is 15.9 Å². The van der Waals surface area contributed by atoms with Crippen molar-refractivity contribution < 1.29 is 4.39 Å². The molecule has 0 atom stereocenters. The van der Waals surface area contributed by atoms with Gasteiger partial charge < -0.3 is 4.98 Å². The fraction of sp³-hybridized carbons (Fsp3) is 0. The van der Waals surface area contributed by atoms with Crippen molar-refractivity contribution in [3.05, 3.63) is 58.3 Å². The number of H-pyrrole nitrogens is 1. The van der Waals surface area contributed by atoms with Crippen LogP contribution in [-0.4, -0.2) is 26.4 Å². The Balaban J connectivity index is 1.60. The van der Waals surface area contributed by atoms with Gasteiger partial charge in [0.05, 0.1) is 6.21 Å². The molecule has 0 fully saturated rings. The second kappa shape index (κ2) is 5.97. The SMILES string of the molecule is Fc1ccc(C=NNc2nnc3c(n2)[nH]c2ccc(Br)cc23)cc1. The van der Waals surface area contributed by atoms with Gasteiger partial charge in [0.2, 0.25) is 0 Å². The van der Waals surface area contributed by atoms with E-state index in [1.165, 1.54) is 12.1 Å². The summed E-state index contributed by atoms with van der Waals surface area (Å²) >= 11 is 3.44. The monoisotopic (exact) mass is 384 g/mol. The molecular weight excluding hydrogens is 375 g/mol. The van der Waals surface area contributed by atoms with Crippen LogP contribution in [0.3, 0.4) is 0 Å². The van der Waals surface area contributed by atoms with Gasteiger partial charge in [-0.05, 0) is 35.9 Å². The van der Waals surface area contributed by atoms with Gasteiger partial charge in [0, 0.05) is 15.4 Å². The molecule has 0 amide bonds. The number of hydrazone groups is 1. The Labute approximate surface area is 144 Å². The number of aromatic amines is 1. The van der Waals surface area contributed by atoms with Crippen molar-refractivity contribution >= 4 is 50.2 Å². The molecule has 118 valence electrons. The number of benzene rings is 2. The van der Waals surface area contributed by atoms with Crippen molar-refractivity contribution in [1.29, 1.82) is 0 Å². The predicted molar refractivity (Wildman–Crippen MR) is 94.5 cm³/mol. The van der Waals surface area contributed by atoms with E-state index in [1.807, 2.05) is 18.2 Å². The molecule has 6 nitrogen and oxygen atoms in total. The van der Waals surface area contributed by atoms with Crippen LogP contribution in [0.4, 0.5) is 10.3 Å².